The number of nitro benzene ring substituents is 1. The van der Waals surface area contributed by atoms with Crippen molar-refractivity contribution in [2.45, 2.75) is 19.3 Å². The van der Waals surface area contributed by atoms with E-state index in [1.54, 1.807) is 0 Å². The van der Waals surface area contributed by atoms with Gasteiger partial charge in [-0.2, -0.15) is 0 Å². The molecule has 0 atom stereocenters. The molecule has 1 fully saturated rings. The van der Waals surface area contributed by atoms with E-state index in [-0.39, 0.29) is 16.3 Å². The van der Waals surface area contributed by atoms with Crippen molar-refractivity contribution in [3.63, 3.8) is 0 Å². The number of ether oxygens (including phenoxy) is 1. The fourth-order valence-corrected chi connectivity index (χ4v) is 2.02. The third-order valence-corrected chi connectivity index (χ3v) is 3.44. The summed E-state index contributed by atoms with van der Waals surface area (Å²) in [6.45, 7) is 1.79. The van der Waals surface area contributed by atoms with E-state index < -0.39 is 10.8 Å². The fraction of sp³-hybridized carbons (Fsp3) is 0.500. The van der Waals surface area contributed by atoms with E-state index in [4.69, 9.17) is 16.3 Å². The summed E-state index contributed by atoms with van der Waals surface area (Å²) < 4.78 is 5.45. The Kier molecular flexibility index (Phi) is 5.52. The van der Waals surface area contributed by atoms with Gasteiger partial charge in [0.15, 0.2) is 0 Å². The molecule has 1 amide bonds. The predicted molar refractivity (Wildman–Crippen MR) is 78.6 cm³/mol. The average Bonchev–Trinajstić information content (AvgIpc) is 3.26. The van der Waals surface area contributed by atoms with Crippen molar-refractivity contribution in [2.75, 3.05) is 19.8 Å². The smallest absolute Gasteiger partial charge is 0.283 e. The van der Waals surface area contributed by atoms with Gasteiger partial charge in [0.2, 0.25) is 0 Å². The molecule has 0 aliphatic heterocycles. The number of nitro groups is 1. The van der Waals surface area contributed by atoms with Gasteiger partial charge in [-0.25, -0.2) is 0 Å². The van der Waals surface area contributed by atoms with Gasteiger partial charge in [0.05, 0.1) is 4.92 Å². The van der Waals surface area contributed by atoms with Crippen LogP contribution in [0.5, 0.6) is 0 Å². The minimum absolute atomic E-state index is 0.0169. The van der Waals surface area contributed by atoms with E-state index in [2.05, 4.69) is 5.32 Å². The number of carbonyl (C=O) groups excluding carboxylic acids is 1. The van der Waals surface area contributed by atoms with Crippen LogP contribution in [-0.2, 0) is 4.74 Å². The summed E-state index contributed by atoms with van der Waals surface area (Å²) in [5.74, 6) is 0.247. The maximum Gasteiger partial charge on any atom is 0.283 e. The van der Waals surface area contributed by atoms with Gasteiger partial charge in [0, 0.05) is 30.8 Å². The maximum absolute atomic E-state index is 11.9. The summed E-state index contributed by atoms with van der Waals surface area (Å²) in [5, 5.41) is 13.8. The molecule has 1 aliphatic carbocycles. The quantitative estimate of drug-likeness (QED) is 0.454. The molecule has 0 spiro atoms. The lowest BCUT2D eigenvalue weighted by molar-refractivity contribution is -0.385. The van der Waals surface area contributed by atoms with Gasteiger partial charge in [-0.1, -0.05) is 11.6 Å². The molecule has 0 radical (unpaired) electrons. The van der Waals surface area contributed by atoms with Crippen LogP contribution in [0.2, 0.25) is 5.02 Å². The lowest BCUT2D eigenvalue weighted by Crippen LogP contribution is -2.26. The SMILES string of the molecule is O=C(NCCCOCC1CC1)c1ccc(Cl)cc1[N+](=O)[O-]. The molecule has 7 heteroatoms. The zero-order valence-electron chi connectivity index (χ0n) is 11.5. The van der Waals surface area contributed by atoms with E-state index in [0.29, 0.717) is 19.6 Å². The summed E-state index contributed by atoms with van der Waals surface area (Å²) in [4.78, 5) is 22.2. The summed E-state index contributed by atoms with van der Waals surface area (Å²) in [5.41, 5.74) is -0.270. The largest absolute Gasteiger partial charge is 0.381 e. The Morgan fingerprint density at radius 2 is 2.24 bits per heavy atom. The molecular weight excluding hydrogens is 296 g/mol. The molecule has 0 aromatic heterocycles. The Labute approximate surface area is 127 Å². The lowest BCUT2D eigenvalue weighted by Gasteiger charge is -2.06. The van der Waals surface area contributed by atoms with Crippen LogP contribution in [0.1, 0.15) is 29.6 Å². The van der Waals surface area contributed by atoms with Gasteiger partial charge in [-0.05, 0) is 37.3 Å². The van der Waals surface area contributed by atoms with Gasteiger partial charge in [0.25, 0.3) is 11.6 Å². The van der Waals surface area contributed by atoms with Crippen molar-refractivity contribution in [3.8, 4) is 0 Å². The van der Waals surface area contributed by atoms with E-state index >= 15 is 0 Å². The number of hydrogen-bond donors (Lipinski definition) is 1. The van der Waals surface area contributed by atoms with Crippen LogP contribution in [-0.4, -0.2) is 30.6 Å². The minimum Gasteiger partial charge on any atom is -0.381 e. The van der Waals surface area contributed by atoms with Crippen LogP contribution in [0.4, 0.5) is 5.69 Å². The molecule has 0 saturated heterocycles. The first-order chi connectivity index (χ1) is 10.1. The van der Waals surface area contributed by atoms with Crippen molar-refractivity contribution in [2.24, 2.45) is 5.92 Å². The van der Waals surface area contributed by atoms with Crippen molar-refractivity contribution in [1.82, 2.24) is 5.32 Å². The van der Waals surface area contributed by atoms with E-state index in [1.165, 1.54) is 31.0 Å². The second-order valence-electron chi connectivity index (χ2n) is 5.05. The van der Waals surface area contributed by atoms with Gasteiger partial charge >= 0.3 is 0 Å². The molecule has 0 heterocycles. The first-order valence-corrected chi connectivity index (χ1v) is 7.25. The van der Waals surface area contributed by atoms with Crippen molar-refractivity contribution < 1.29 is 14.5 Å². The highest BCUT2D eigenvalue weighted by Crippen LogP contribution is 2.28. The van der Waals surface area contributed by atoms with Crippen LogP contribution in [0, 0.1) is 16.0 Å². The number of rotatable bonds is 8. The molecule has 1 aromatic rings. The monoisotopic (exact) mass is 312 g/mol. The summed E-state index contributed by atoms with van der Waals surface area (Å²) in [6, 6.07) is 4.00. The van der Waals surface area contributed by atoms with Crippen molar-refractivity contribution in [3.05, 3.63) is 38.9 Å². The first-order valence-electron chi connectivity index (χ1n) is 6.88. The third-order valence-electron chi connectivity index (χ3n) is 3.20. The second-order valence-corrected chi connectivity index (χ2v) is 5.48. The van der Waals surface area contributed by atoms with Crippen LogP contribution in [0.15, 0.2) is 18.2 Å². The topological polar surface area (TPSA) is 81.5 Å². The summed E-state index contributed by atoms with van der Waals surface area (Å²) in [6.07, 6.45) is 3.17. The summed E-state index contributed by atoms with van der Waals surface area (Å²) >= 11 is 5.71. The normalized spacial score (nSPS) is 14.0. The molecule has 114 valence electrons. The highest BCUT2D eigenvalue weighted by molar-refractivity contribution is 6.31. The van der Waals surface area contributed by atoms with Gasteiger partial charge < -0.3 is 10.1 Å². The van der Waals surface area contributed by atoms with Crippen LogP contribution in [0.3, 0.4) is 0 Å². The molecule has 1 aliphatic rings. The molecule has 1 N–H and O–H groups in total. The van der Waals surface area contributed by atoms with E-state index in [9.17, 15) is 14.9 Å². The number of carbonyl (C=O) groups is 1. The highest BCUT2D eigenvalue weighted by Gasteiger charge is 2.21. The number of amides is 1. The molecule has 1 saturated carbocycles. The van der Waals surface area contributed by atoms with E-state index in [0.717, 1.165) is 12.5 Å². The Morgan fingerprint density at radius 1 is 1.48 bits per heavy atom. The second kappa shape index (κ2) is 7.38. The number of nitrogens with zero attached hydrogens (tertiary/aromatic N) is 1. The highest BCUT2D eigenvalue weighted by atomic mass is 35.5. The van der Waals surface area contributed by atoms with Gasteiger partial charge in [-0.3, -0.25) is 14.9 Å². The zero-order valence-corrected chi connectivity index (χ0v) is 12.3. The Bertz CT molecular complexity index is 532. The van der Waals surface area contributed by atoms with Crippen LogP contribution < -0.4 is 5.32 Å². The molecule has 6 nitrogen and oxygen atoms in total. The zero-order chi connectivity index (χ0) is 15.2. The molecule has 2 rings (SSSR count). The first kappa shape index (κ1) is 15.7. The van der Waals surface area contributed by atoms with Crippen LogP contribution >= 0.6 is 11.6 Å². The molecule has 21 heavy (non-hydrogen) atoms. The molecule has 0 bridgehead atoms. The Hall–Kier alpha value is -1.66. The minimum atomic E-state index is -0.612. The average molecular weight is 313 g/mol. The molecule has 1 aromatic carbocycles. The number of halogens is 1. The number of benzene rings is 1. The number of nitrogens with one attached hydrogen (secondary N) is 1. The summed E-state index contributed by atoms with van der Waals surface area (Å²) in [7, 11) is 0. The fourth-order valence-electron chi connectivity index (χ4n) is 1.85. The maximum atomic E-state index is 11.9. The van der Waals surface area contributed by atoms with Gasteiger partial charge in [0.1, 0.15) is 5.56 Å². The Morgan fingerprint density at radius 3 is 2.90 bits per heavy atom. The van der Waals surface area contributed by atoms with Crippen molar-refractivity contribution in [1.29, 1.82) is 0 Å². The third kappa shape index (κ3) is 4.99. The van der Waals surface area contributed by atoms with Gasteiger partial charge in [-0.15, -0.1) is 0 Å². The standard InChI is InChI=1S/C14H17ClN2O4/c15-11-4-5-12(13(8-11)17(19)20)14(18)16-6-1-7-21-9-10-2-3-10/h4-5,8,10H,1-3,6-7,9H2,(H,16,18). The Balaban J connectivity index is 1.78. The molecular formula is C14H17ClN2O4. The van der Waals surface area contributed by atoms with Crippen LogP contribution in [0.25, 0.3) is 0 Å². The lowest BCUT2D eigenvalue weighted by atomic mass is 10.1. The van der Waals surface area contributed by atoms with E-state index in [1.807, 2.05) is 0 Å². The predicted octanol–water partition coefficient (Wildman–Crippen LogP) is 2.79. The molecule has 0 unspecified atom stereocenters. The van der Waals surface area contributed by atoms with Crippen molar-refractivity contribution >= 4 is 23.2 Å². The number of hydrogen-bond acceptors (Lipinski definition) is 4.